The summed E-state index contributed by atoms with van der Waals surface area (Å²) in [5.41, 5.74) is 2.40. The minimum atomic E-state index is -0.611. The molecular formula is C26H28N2O6. The van der Waals surface area contributed by atoms with Crippen LogP contribution >= 0.6 is 0 Å². The lowest BCUT2D eigenvalue weighted by molar-refractivity contribution is -0.123. The van der Waals surface area contributed by atoms with Gasteiger partial charge in [-0.25, -0.2) is 4.79 Å². The first-order valence-electron chi connectivity index (χ1n) is 10.8. The van der Waals surface area contributed by atoms with Crippen LogP contribution in [-0.2, 0) is 16.1 Å². The van der Waals surface area contributed by atoms with Gasteiger partial charge in [0.1, 0.15) is 18.1 Å². The number of carbonyl (C=O) groups excluding carboxylic acids is 3. The molecule has 0 bridgehead atoms. The number of nitrogens with zero attached hydrogens (tertiary/aromatic N) is 1. The Kier molecular flexibility index (Phi) is 7.50. The lowest BCUT2D eigenvalue weighted by Gasteiger charge is -2.17. The molecule has 0 unspecified atom stereocenters. The van der Waals surface area contributed by atoms with Gasteiger partial charge in [0.2, 0.25) is 5.91 Å². The zero-order valence-corrected chi connectivity index (χ0v) is 19.9. The molecule has 0 aliphatic heterocycles. The van der Waals surface area contributed by atoms with E-state index in [2.05, 4.69) is 10.5 Å². The first-order valence-corrected chi connectivity index (χ1v) is 10.8. The van der Waals surface area contributed by atoms with Gasteiger partial charge in [0, 0.05) is 16.7 Å². The summed E-state index contributed by atoms with van der Waals surface area (Å²) in [5.74, 6) is 0.194. The van der Waals surface area contributed by atoms with Gasteiger partial charge in [0.05, 0.1) is 16.8 Å². The molecule has 0 saturated heterocycles. The van der Waals surface area contributed by atoms with Crippen molar-refractivity contribution >= 4 is 23.3 Å². The van der Waals surface area contributed by atoms with Gasteiger partial charge in [-0.2, -0.15) is 0 Å². The average Bonchev–Trinajstić information content (AvgIpc) is 3.13. The maximum atomic E-state index is 12.4. The fourth-order valence-corrected chi connectivity index (χ4v) is 2.91. The summed E-state index contributed by atoms with van der Waals surface area (Å²) in [6.45, 7) is 9.02. The number of nitrogens with one attached hydrogen (secondary N) is 1. The third-order valence-corrected chi connectivity index (χ3v) is 5.13. The molecule has 0 fully saturated rings. The number of hydrogen-bond donors (Lipinski definition) is 1. The number of benzene rings is 2. The van der Waals surface area contributed by atoms with E-state index in [0.29, 0.717) is 34.9 Å². The smallest absolute Gasteiger partial charge is 0.338 e. The van der Waals surface area contributed by atoms with E-state index in [1.54, 1.807) is 48.5 Å². The Morgan fingerprint density at radius 2 is 1.56 bits per heavy atom. The summed E-state index contributed by atoms with van der Waals surface area (Å²) in [5, 5.41) is 6.68. The summed E-state index contributed by atoms with van der Waals surface area (Å²) < 4.78 is 16.0. The normalized spacial score (nSPS) is 11.1. The lowest BCUT2D eigenvalue weighted by atomic mass is 9.95. The first-order chi connectivity index (χ1) is 16.0. The van der Waals surface area contributed by atoms with Crippen LogP contribution in [0.5, 0.6) is 5.75 Å². The van der Waals surface area contributed by atoms with Crippen LogP contribution in [0.25, 0.3) is 0 Å². The van der Waals surface area contributed by atoms with E-state index in [-0.39, 0.29) is 11.7 Å². The Labute approximate surface area is 198 Å². The van der Waals surface area contributed by atoms with E-state index in [0.717, 1.165) is 11.3 Å². The number of ketones is 1. The van der Waals surface area contributed by atoms with Crippen molar-refractivity contribution in [2.45, 2.75) is 41.2 Å². The van der Waals surface area contributed by atoms with E-state index >= 15 is 0 Å². The van der Waals surface area contributed by atoms with E-state index in [9.17, 15) is 14.4 Å². The van der Waals surface area contributed by atoms with Crippen molar-refractivity contribution in [3.05, 3.63) is 76.7 Å². The van der Waals surface area contributed by atoms with Gasteiger partial charge in [-0.1, -0.05) is 25.9 Å². The van der Waals surface area contributed by atoms with Gasteiger partial charge in [-0.05, 0) is 62.4 Å². The van der Waals surface area contributed by atoms with Crippen LogP contribution in [0.15, 0.2) is 53.1 Å². The number of aryl methyl sites for hydroxylation is 2. The molecule has 8 heteroatoms. The fourth-order valence-electron chi connectivity index (χ4n) is 2.91. The average molecular weight is 465 g/mol. The quantitative estimate of drug-likeness (QED) is 0.373. The predicted molar refractivity (Wildman–Crippen MR) is 126 cm³/mol. The zero-order valence-electron chi connectivity index (χ0n) is 19.9. The Morgan fingerprint density at radius 3 is 2.12 bits per heavy atom. The van der Waals surface area contributed by atoms with Crippen LogP contribution in [0.3, 0.4) is 0 Å². The van der Waals surface area contributed by atoms with Crippen molar-refractivity contribution in [2.75, 3.05) is 11.9 Å². The van der Waals surface area contributed by atoms with E-state index in [4.69, 9.17) is 14.0 Å². The molecule has 1 N–H and O–H groups in total. The molecule has 0 saturated carbocycles. The topological polar surface area (TPSA) is 108 Å². The Bertz CT molecular complexity index is 1150. The van der Waals surface area contributed by atoms with Crippen molar-refractivity contribution in [3.63, 3.8) is 0 Å². The van der Waals surface area contributed by atoms with Crippen LogP contribution in [0.4, 0.5) is 5.69 Å². The molecule has 1 heterocycles. The zero-order chi connectivity index (χ0) is 24.9. The van der Waals surface area contributed by atoms with Crippen LogP contribution < -0.4 is 10.1 Å². The second kappa shape index (κ2) is 10.3. The third-order valence-electron chi connectivity index (χ3n) is 5.13. The van der Waals surface area contributed by atoms with E-state index < -0.39 is 18.0 Å². The highest BCUT2D eigenvalue weighted by molar-refractivity contribution is 6.00. The summed E-state index contributed by atoms with van der Waals surface area (Å²) in [7, 11) is 0. The molecule has 0 spiro atoms. The minimum absolute atomic E-state index is 0.124. The first kappa shape index (κ1) is 24.7. The maximum absolute atomic E-state index is 12.4. The number of rotatable bonds is 8. The second-order valence-corrected chi connectivity index (χ2v) is 8.90. The summed E-state index contributed by atoms with van der Waals surface area (Å²) >= 11 is 0. The standard InChI is InChI=1S/C26H28N2O6/c1-16-22(17(2)34-28-16)14-32-21-12-8-19(9-13-21)24(30)33-15-23(29)18-6-10-20(11-7-18)27-25(31)26(3,4)5/h6-13H,14-15H2,1-5H3,(H,27,31). The van der Waals surface area contributed by atoms with Gasteiger partial charge in [-0.15, -0.1) is 0 Å². The largest absolute Gasteiger partial charge is 0.489 e. The summed E-state index contributed by atoms with van der Waals surface area (Å²) in [4.78, 5) is 36.7. The molecule has 0 radical (unpaired) electrons. The van der Waals surface area contributed by atoms with Crippen molar-refractivity contribution in [2.24, 2.45) is 5.41 Å². The summed E-state index contributed by atoms with van der Waals surface area (Å²) in [6, 6.07) is 12.9. The molecule has 1 amide bonds. The Balaban J connectivity index is 1.50. The highest BCUT2D eigenvalue weighted by Crippen LogP contribution is 2.19. The van der Waals surface area contributed by atoms with Crippen molar-refractivity contribution < 1.29 is 28.4 Å². The predicted octanol–water partition coefficient (Wildman–Crippen LogP) is 4.89. The van der Waals surface area contributed by atoms with Gasteiger partial charge in [0.15, 0.2) is 12.4 Å². The fraction of sp³-hybridized carbons (Fsp3) is 0.308. The molecule has 178 valence electrons. The number of amides is 1. The number of esters is 1. The SMILES string of the molecule is Cc1noc(C)c1COc1ccc(C(=O)OCC(=O)c2ccc(NC(=O)C(C)(C)C)cc2)cc1. The monoisotopic (exact) mass is 464 g/mol. The number of aromatic nitrogens is 1. The van der Waals surface area contributed by atoms with Gasteiger partial charge >= 0.3 is 5.97 Å². The maximum Gasteiger partial charge on any atom is 0.338 e. The van der Waals surface area contributed by atoms with Gasteiger partial charge in [-0.3, -0.25) is 9.59 Å². The van der Waals surface area contributed by atoms with Crippen molar-refractivity contribution in [3.8, 4) is 5.75 Å². The third kappa shape index (κ3) is 6.31. The number of Topliss-reactive ketones (excluding diaryl/α,β-unsaturated/α-hetero) is 1. The lowest BCUT2D eigenvalue weighted by Crippen LogP contribution is -2.27. The van der Waals surface area contributed by atoms with E-state index in [1.807, 2.05) is 34.6 Å². The molecule has 0 atom stereocenters. The molecule has 34 heavy (non-hydrogen) atoms. The molecule has 3 aromatic rings. The number of carbonyl (C=O) groups is 3. The number of anilines is 1. The highest BCUT2D eigenvalue weighted by atomic mass is 16.5. The minimum Gasteiger partial charge on any atom is -0.489 e. The molecule has 2 aromatic carbocycles. The molecule has 8 nitrogen and oxygen atoms in total. The van der Waals surface area contributed by atoms with Crippen LogP contribution in [0, 0.1) is 19.3 Å². The molecule has 0 aliphatic carbocycles. The molecule has 3 rings (SSSR count). The Hall–Kier alpha value is -3.94. The molecule has 0 aliphatic rings. The summed E-state index contributed by atoms with van der Waals surface area (Å²) in [6.07, 6.45) is 0. The van der Waals surface area contributed by atoms with Gasteiger partial charge in [0.25, 0.3) is 0 Å². The van der Waals surface area contributed by atoms with Gasteiger partial charge < -0.3 is 19.3 Å². The van der Waals surface area contributed by atoms with Crippen molar-refractivity contribution in [1.82, 2.24) is 5.16 Å². The van der Waals surface area contributed by atoms with Crippen LogP contribution in [0.2, 0.25) is 0 Å². The second-order valence-electron chi connectivity index (χ2n) is 8.90. The Morgan fingerprint density at radius 1 is 0.941 bits per heavy atom. The van der Waals surface area contributed by atoms with Crippen molar-refractivity contribution in [1.29, 1.82) is 0 Å². The number of hydrogen-bond acceptors (Lipinski definition) is 7. The number of ether oxygens (including phenoxy) is 2. The molecule has 1 aromatic heterocycles. The molecular weight excluding hydrogens is 436 g/mol. The highest BCUT2D eigenvalue weighted by Gasteiger charge is 2.21. The van der Waals surface area contributed by atoms with Crippen LogP contribution in [0.1, 0.15) is 58.5 Å². The van der Waals surface area contributed by atoms with Crippen LogP contribution in [-0.4, -0.2) is 29.4 Å². The van der Waals surface area contributed by atoms with E-state index in [1.165, 1.54) is 0 Å².